The second-order valence-corrected chi connectivity index (χ2v) is 6.67. The highest BCUT2D eigenvalue weighted by Crippen LogP contribution is 2.38. The Hall–Kier alpha value is -4.19. The van der Waals surface area contributed by atoms with Crippen LogP contribution in [0.1, 0.15) is 0 Å². The molecule has 144 valence electrons. The summed E-state index contributed by atoms with van der Waals surface area (Å²) in [5.74, 6) is -0.267. The number of hydrogen-bond donors (Lipinski definition) is 2. The predicted molar refractivity (Wildman–Crippen MR) is 105 cm³/mol. The average Bonchev–Trinajstić information content (AvgIpc) is 3.29. The molecule has 2 heterocycles. The van der Waals surface area contributed by atoms with E-state index < -0.39 is 9.85 Å². The zero-order valence-electron chi connectivity index (χ0n) is 14.3. The maximum Gasteiger partial charge on any atom is 0.270 e. The zero-order chi connectivity index (χ0) is 20.5. The van der Waals surface area contributed by atoms with Crippen molar-refractivity contribution in [3.63, 3.8) is 0 Å². The van der Waals surface area contributed by atoms with Crippen LogP contribution in [-0.4, -0.2) is 24.9 Å². The van der Waals surface area contributed by atoms with E-state index in [4.69, 9.17) is 0 Å². The number of hydrogen-bond acceptors (Lipinski definition) is 9. The molecule has 0 aliphatic rings. The van der Waals surface area contributed by atoms with E-state index in [-0.39, 0.29) is 28.1 Å². The van der Waals surface area contributed by atoms with Gasteiger partial charge in [-0.05, 0) is 18.2 Å². The van der Waals surface area contributed by atoms with Gasteiger partial charge >= 0.3 is 0 Å². The van der Waals surface area contributed by atoms with Gasteiger partial charge < -0.3 is 10.1 Å². The van der Waals surface area contributed by atoms with Gasteiger partial charge in [-0.15, -0.1) is 21.6 Å². The molecule has 0 radical (unpaired) electrons. The van der Waals surface area contributed by atoms with Gasteiger partial charge in [0.1, 0.15) is 0 Å². The molecule has 0 atom stereocenters. The van der Waals surface area contributed by atoms with Crippen LogP contribution in [0.4, 0.5) is 22.2 Å². The van der Waals surface area contributed by atoms with E-state index >= 15 is 0 Å². The lowest BCUT2D eigenvalue weighted by atomic mass is 10.1. The van der Waals surface area contributed by atoms with Crippen LogP contribution in [0.2, 0.25) is 0 Å². The maximum atomic E-state index is 11.0. The highest BCUT2D eigenvalue weighted by Gasteiger charge is 2.15. The summed E-state index contributed by atoms with van der Waals surface area (Å²) in [5, 5.41) is 42.1. The van der Waals surface area contributed by atoms with Crippen LogP contribution >= 0.6 is 11.3 Å². The van der Waals surface area contributed by atoms with Gasteiger partial charge in [0.2, 0.25) is 11.0 Å². The number of azo groups is 1. The van der Waals surface area contributed by atoms with E-state index in [9.17, 15) is 25.3 Å². The average molecular weight is 410 g/mol. The SMILES string of the molecule is O=[N+]([O-])c1ccc(-c2csc(N=Nc3c(O)[nH]c4ccc([N+](=O)[O-])cc34)n2)cc1. The number of aromatic nitrogens is 2. The molecule has 2 aromatic heterocycles. The van der Waals surface area contributed by atoms with Crippen LogP contribution in [-0.2, 0) is 0 Å². The number of H-pyrrole nitrogens is 1. The van der Waals surface area contributed by atoms with Gasteiger partial charge in [-0.3, -0.25) is 20.2 Å². The van der Waals surface area contributed by atoms with Crippen molar-refractivity contribution < 1.29 is 15.0 Å². The Bertz CT molecular complexity index is 1280. The molecule has 2 aromatic carbocycles. The van der Waals surface area contributed by atoms with Crippen LogP contribution in [0, 0.1) is 20.2 Å². The van der Waals surface area contributed by atoms with E-state index in [1.165, 1.54) is 41.7 Å². The van der Waals surface area contributed by atoms with Gasteiger partial charge in [-0.2, -0.15) is 0 Å². The molecule has 0 amide bonds. The molecule has 2 N–H and O–H groups in total. The van der Waals surface area contributed by atoms with Crippen LogP contribution in [0.15, 0.2) is 58.1 Å². The lowest BCUT2D eigenvalue weighted by molar-refractivity contribution is -0.385. The quantitative estimate of drug-likeness (QED) is 0.260. The fraction of sp³-hybridized carbons (Fsp3) is 0. The Kier molecular flexibility index (Phi) is 4.44. The normalized spacial score (nSPS) is 11.3. The van der Waals surface area contributed by atoms with Gasteiger partial charge in [-0.25, -0.2) is 4.98 Å². The lowest BCUT2D eigenvalue weighted by Crippen LogP contribution is -1.87. The first kappa shape index (κ1) is 18.2. The summed E-state index contributed by atoms with van der Waals surface area (Å²) >= 11 is 1.19. The van der Waals surface area contributed by atoms with Crippen molar-refractivity contribution in [1.82, 2.24) is 9.97 Å². The summed E-state index contributed by atoms with van der Waals surface area (Å²) in [6, 6.07) is 10.0. The predicted octanol–water partition coefficient (Wildman–Crippen LogP) is 5.23. The highest BCUT2D eigenvalue weighted by molar-refractivity contribution is 7.13. The number of nitro benzene ring substituents is 2. The fourth-order valence-electron chi connectivity index (χ4n) is 2.66. The number of aromatic hydroxyl groups is 1. The number of thiazole rings is 1. The monoisotopic (exact) mass is 410 g/mol. The number of aromatic amines is 1. The minimum atomic E-state index is -0.540. The van der Waals surface area contributed by atoms with Gasteiger partial charge in [0.15, 0.2) is 5.69 Å². The first-order chi connectivity index (χ1) is 13.9. The summed E-state index contributed by atoms with van der Waals surface area (Å²) in [7, 11) is 0. The van der Waals surface area contributed by atoms with Gasteiger partial charge in [0.25, 0.3) is 11.4 Å². The van der Waals surface area contributed by atoms with E-state index in [0.717, 1.165) is 0 Å². The molecule has 0 spiro atoms. The minimum absolute atomic E-state index is 0.0206. The lowest BCUT2D eigenvalue weighted by Gasteiger charge is -1.95. The third-order valence-corrected chi connectivity index (χ3v) is 4.77. The summed E-state index contributed by atoms with van der Waals surface area (Å²) in [6.45, 7) is 0. The largest absolute Gasteiger partial charge is 0.493 e. The first-order valence-electron chi connectivity index (χ1n) is 8.03. The Morgan fingerprint density at radius 1 is 1.00 bits per heavy atom. The van der Waals surface area contributed by atoms with E-state index in [1.54, 1.807) is 17.5 Å². The van der Waals surface area contributed by atoms with Crippen molar-refractivity contribution in [1.29, 1.82) is 0 Å². The Balaban J connectivity index is 1.63. The van der Waals surface area contributed by atoms with E-state index in [1.807, 2.05) is 0 Å². The van der Waals surface area contributed by atoms with Crippen LogP contribution in [0.3, 0.4) is 0 Å². The fourth-order valence-corrected chi connectivity index (χ4v) is 3.30. The maximum absolute atomic E-state index is 11.0. The van der Waals surface area contributed by atoms with Crippen LogP contribution in [0.25, 0.3) is 22.2 Å². The molecule has 0 saturated heterocycles. The zero-order valence-corrected chi connectivity index (χ0v) is 15.2. The summed E-state index contributed by atoms with van der Waals surface area (Å²) in [6.07, 6.45) is 0. The van der Waals surface area contributed by atoms with Crippen molar-refractivity contribution in [2.45, 2.75) is 0 Å². The van der Waals surface area contributed by atoms with E-state index in [2.05, 4.69) is 20.2 Å². The number of non-ortho nitro benzene ring substituents is 2. The minimum Gasteiger partial charge on any atom is -0.493 e. The molecular formula is C17H10N6O5S. The number of nitrogens with one attached hydrogen (secondary N) is 1. The highest BCUT2D eigenvalue weighted by atomic mass is 32.1. The van der Waals surface area contributed by atoms with Gasteiger partial charge in [0.05, 0.1) is 21.1 Å². The Labute approximate surface area is 165 Å². The van der Waals surface area contributed by atoms with Gasteiger partial charge in [-0.1, -0.05) is 0 Å². The third-order valence-electron chi connectivity index (χ3n) is 4.05. The third kappa shape index (κ3) is 3.51. The number of nitrogens with zero attached hydrogens (tertiary/aromatic N) is 5. The second kappa shape index (κ2) is 7.09. The number of benzene rings is 2. The molecule has 11 nitrogen and oxygen atoms in total. The summed E-state index contributed by atoms with van der Waals surface area (Å²) in [4.78, 5) is 27.7. The molecule has 0 unspecified atom stereocenters. The molecule has 4 rings (SSSR count). The molecule has 29 heavy (non-hydrogen) atoms. The number of fused-ring (bicyclic) bond motifs is 1. The molecular weight excluding hydrogens is 400 g/mol. The molecule has 4 aromatic rings. The molecule has 0 aliphatic carbocycles. The van der Waals surface area contributed by atoms with Crippen LogP contribution < -0.4 is 0 Å². The van der Waals surface area contributed by atoms with E-state index in [0.29, 0.717) is 22.2 Å². The van der Waals surface area contributed by atoms with Crippen molar-refractivity contribution in [3.05, 3.63) is 68.1 Å². The standard InChI is InChI=1S/C17H10N6O5S/c24-16-15(12-7-11(23(27)28)5-6-13(12)18-16)20-21-17-19-14(8-29-17)9-1-3-10(4-2-9)22(25)26/h1-8,18,24H. The van der Waals surface area contributed by atoms with Crippen molar-refractivity contribution >= 4 is 44.4 Å². The summed E-state index contributed by atoms with van der Waals surface area (Å²) in [5.41, 5.74) is 1.63. The van der Waals surface area contributed by atoms with Crippen molar-refractivity contribution in [2.24, 2.45) is 10.2 Å². The molecule has 0 aliphatic heterocycles. The second-order valence-electron chi connectivity index (χ2n) is 5.83. The van der Waals surface area contributed by atoms with Crippen molar-refractivity contribution in [2.75, 3.05) is 0 Å². The smallest absolute Gasteiger partial charge is 0.270 e. The molecule has 0 saturated carbocycles. The molecule has 0 bridgehead atoms. The number of rotatable bonds is 5. The summed E-state index contributed by atoms with van der Waals surface area (Å²) < 4.78 is 0. The molecule has 0 fully saturated rings. The van der Waals surface area contributed by atoms with Crippen molar-refractivity contribution in [3.8, 4) is 17.1 Å². The topological polar surface area (TPSA) is 160 Å². The molecule has 12 heteroatoms. The Morgan fingerprint density at radius 3 is 2.38 bits per heavy atom. The Morgan fingerprint density at radius 2 is 1.69 bits per heavy atom. The number of nitro groups is 2. The van der Waals surface area contributed by atoms with Crippen LogP contribution in [0.5, 0.6) is 5.88 Å². The van der Waals surface area contributed by atoms with Gasteiger partial charge in [0, 0.05) is 40.6 Å². The first-order valence-corrected chi connectivity index (χ1v) is 8.91.